The number of halogens is 7. The van der Waals surface area contributed by atoms with Crippen LogP contribution in [0.25, 0.3) is 0 Å². The Kier molecular flexibility index (Phi) is 4.88. The van der Waals surface area contributed by atoms with Gasteiger partial charge in [0.1, 0.15) is 5.38 Å². The van der Waals surface area contributed by atoms with Gasteiger partial charge in [-0.1, -0.05) is 31.9 Å². The Labute approximate surface area is 118 Å². The molecule has 0 bridgehead atoms. The smallest absolute Gasteiger partial charge is 0.204 e. The second-order valence-corrected chi connectivity index (χ2v) is 5.61. The molecule has 1 aromatic rings. The molecule has 0 saturated carbocycles. The lowest BCUT2D eigenvalue weighted by Crippen LogP contribution is -2.31. The summed E-state index contributed by atoms with van der Waals surface area (Å²) < 4.78 is 51.4. The highest BCUT2D eigenvalue weighted by Gasteiger charge is 2.49. The van der Waals surface area contributed by atoms with E-state index in [0.717, 1.165) is 5.56 Å². The molecule has 96 valence electrons. The molecular weight excluding hydrogens is 391 g/mol. The molecule has 1 aromatic carbocycles. The molecular formula is C10H7Br2ClF4. The molecule has 17 heavy (non-hydrogen) atoms. The summed E-state index contributed by atoms with van der Waals surface area (Å²) in [4.78, 5) is 0. The maximum absolute atomic E-state index is 13.1. The van der Waals surface area contributed by atoms with E-state index in [1.165, 1.54) is 12.1 Å². The molecule has 0 aliphatic rings. The molecule has 0 aliphatic heterocycles. The van der Waals surface area contributed by atoms with Gasteiger partial charge >= 0.3 is 12.3 Å². The van der Waals surface area contributed by atoms with Crippen molar-refractivity contribution in [3.8, 4) is 0 Å². The highest BCUT2D eigenvalue weighted by atomic mass is 79.9. The normalized spacial score (nSPS) is 14.2. The van der Waals surface area contributed by atoms with Gasteiger partial charge in [-0.25, -0.2) is 8.78 Å². The first-order chi connectivity index (χ1) is 7.67. The summed E-state index contributed by atoms with van der Waals surface area (Å²) in [6.45, 7) is 1.74. The van der Waals surface area contributed by atoms with Gasteiger partial charge in [-0.3, -0.25) is 0 Å². The SMILES string of the molecule is Cc1cc(Br)c(C(Cl)C(F)(F)C(F)F)cc1Br. The van der Waals surface area contributed by atoms with Crippen LogP contribution in [0, 0.1) is 6.92 Å². The van der Waals surface area contributed by atoms with E-state index in [4.69, 9.17) is 11.6 Å². The van der Waals surface area contributed by atoms with Crippen molar-refractivity contribution in [3.63, 3.8) is 0 Å². The third-order valence-electron chi connectivity index (χ3n) is 2.18. The monoisotopic (exact) mass is 396 g/mol. The van der Waals surface area contributed by atoms with Crippen LogP contribution in [-0.4, -0.2) is 12.3 Å². The number of hydrogen-bond donors (Lipinski definition) is 0. The summed E-state index contributed by atoms with van der Waals surface area (Å²) >= 11 is 11.6. The van der Waals surface area contributed by atoms with Crippen molar-refractivity contribution in [1.29, 1.82) is 0 Å². The molecule has 1 rings (SSSR count). The number of rotatable bonds is 3. The fourth-order valence-corrected chi connectivity index (χ4v) is 2.63. The van der Waals surface area contributed by atoms with Crippen LogP contribution < -0.4 is 0 Å². The quantitative estimate of drug-likeness (QED) is 0.453. The Balaban J connectivity index is 3.21. The first kappa shape index (κ1) is 15.2. The minimum absolute atomic E-state index is 0.0746. The molecule has 0 saturated heterocycles. The summed E-state index contributed by atoms with van der Waals surface area (Å²) in [5.41, 5.74) is 0.708. The van der Waals surface area contributed by atoms with Crippen LogP contribution in [0.4, 0.5) is 17.6 Å². The van der Waals surface area contributed by atoms with Crippen LogP contribution in [-0.2, 0) is 0 Å². The van der Waals surface area contributed by atoms with Gasteiger partial charge in [0.05, 0.1) is 0 Å². The average Bonchev–Trinajstić information content (AvgIpc) is 2.22. The van der Waals surface area contributed by atoms with E-state index in [2.05, 4.69) is 31.9 Å². The maximum atomic E-state index is 13.1. The fourth-order valence-electron chi connectivity index (χ4n) is 1.17. The Hall–Kier alpha value is 0.190. The van der Waals surface area contributed by atoms with Gasteiger partial charge in [-0.15, -0.1) is 11.6 Å². The first-order valence-electron chi connectivity index (χ1n) is 4.43. The lowest BCUT2D eigenvalue weighted by atomic mass is 10.1. The number of hydrogen-bond acceptors (Lipinski definition) is 0. The van der Waals surface area contributed by atoms with Crippen molar-refractivity contribution in [2.75, 3.05) is 0 Å². The van der Waals surface area contributed by atoms with Crippen LogP contribution in [0.3, 0.4) is 0 Å². The summed E-state index contributed by atoms with van der Waals surface area (Å²) in [5.74, 6) is -4.28. The number of benzene rings is 1. The molecule has 0 fully saturated rings. The topological polar surface area (TPSA) is 0 Å². The molecule has 1 atom stereocenters. The molecule has 0 radical (unpaired) electrons. The van der Waals surface area contributed by atoms with Crippen molar-refractivity contribution in [2.24, 2.45) is 0 Å². The van der Waals surface area contributed by atoms with Gasteiger partial charge in [0.15, 0.2) is 0 Å². The van der Waals surface area contributed by atoms with Gasteiger partial charge in [-0.2, -0.15) is 8.78 Å². The van der Waals surface area contributed by atoms with Crippen LogP contribution in [0.5, 0.6) is 0 Å². The second kappa shape index (κ2) is 5.45. The van der Waals surface area contributed by atoms with Crippen molar-refractivity contribution < 1.29 is 17.6 Å². The van der Waals surface area contributed by atoms with Crippen molar-refractivity contribution in [2.45, 2.75) is 24.6 Å². The third-order valence-corrected chi connectivity index (χ3v) is 4.25. The Morgan fingerprint density at radius 3 is 2.18 bits per heavy atom. The predicted molar refractivity (Wildman–Crippen MR) is 66.1 cm³/mol. The number of alkyl halides is 5. The Bertz CT molecular complexity index is 423. The molecule has 0 nitrogen and oxygen atoms in total. The van der Waals surface area contributed by atoms with Gasteiger partial charge in [-0.05, 0) is 30.2 Å². The summed E-state index contributed by atoms with van der Waals surface area (Å²) in [7, 11) is 0. The molecule has 7 heteroatoms. The summed E-state index contributed by atoms with van der Waals surface area (Å²) in [6, 6.07) is 2.85. The molecule has 0 heterocycles. The first-order valence-corrected chi connectivity index (χ1v) is 6.45. The van der Waals surface area contributed by atoms with E-state index in [1.54, 1.807) is 6.92 Å². The maximum Gasteiger partial charge on any atom is 0.327 e. The average molecular weight is 398 g/mol. The summed E-state index contributed by atoms with van der Waals surface area (Å²) in [5, 5.41) is -2.09. The zero-order valence-corrected chi connectivity index (χ0v) is 12.4. The third kappa shape index (κ3) is 3.15. The van der Waals surface area contributed by atoms with E-state index in [-0.39, 0.29) is 10.0 Å². The molecule has 0 amide bonds. The zero-order chi connectivity index (χ0) is 13.4. The molecule has 0 N–H and O–H groups in total. The zero-order valence-electron chi connectivity index (χ0n) is 8.46. The molecule has 0 aromatic heterocycles. The summed E-state index contributed by atoms with van der Waals surface area (Å²) in [6.07, 6.45) is -3.81. The Morgan fingerprint density at radius 1 is 1.18 bits per heavy atom. The van der Waals surface area contributed by atoms with E-state index in [9.17, 15) is 17.6 Å². The van der Waals surface area contributed by atoms with Gasteiger partial charge < -0.3 is 0 Å². The lowest BCUT2D eigenvalue weighted by Gasteiger charge is -2.22. The van der Waals surface area contributed by atoms with Crippen molar-refractivity contribution >= 4 is 43.5 Å². The van der Waals surface area contributed by atoms with Gasteiger partial charge in [0, 0.05) is 8.95 Å². The van der Waals surface area contributed by atoms with Crippen molar-refractivity contribution in [1.82, 2.24) is 0 Å². The van der Waals surface area contributed by atoms with E-state index in [1.807, 2.05) is 0 Å². The van der Waals surface area contributed by atoms with Crippen LogP contribution in [0.1, 0.15) is 16.5 Å². The van der Waals surface area contributed by atoms with Crippen LogP contribution >= 0.6 is 43.5 Å². The largest absolute Gasteiger partial charge is 0.327 e. The minimum Gasteiger partial charge on any atom is -0.204 e. The van der Waals surface area contributed by atoms with Gasteiger partial charge in [0.25, 0.3) is 0 Å². The highest BCUT2D eigenvalue weighted by Crippen LogP contribution is 2.44. The predicted octanol–water partition coefficient (Wildman–Crippen LogP) is 5.70. The van der Waals surface area contributed by atoms with Gasteiger partial charge in [0.2, 0.25) is 0 Å². The lowest BCUT2D eigenvalue weighted by molar-refractivity contribution is -0.130. The van der Waals surface area contributed by atoms with E-state index < -0.39 is 17.7 Å². The fraction of sp³-hybridized carbons (Fsp3) is 0.400. The Morgan fingerprint density at radius 2 is 1.71 bits per heavy atom. The standard InChI is InChI=1S/C10H7Br2ClF4/c1-4-2-7(12)5(3-6(4)11)8(13)10(16,17)9(14)15/h2-3,8-9H,1H3. The van der Waals surface area contributed by atoms with Crippen LogP contribution in [0.15, 0.2) is 21.1 Å². The highest BCUT2D eigenvalue weighted by molar-refractivity contribution is 9.11. The van der Waals surface area contributed by atoms with E-state index in [0.29, 0.717) is 4.47 Å². The second-order valence-electron chi connectivity index (χ2n) is 3.46. The minimum atomic E-state index is -4.28. The molecule has 0 aliphatic carbocycles. The van der Waals surface area contributed by atoms with Crippen LogP contribution in [0.2, 0.25) is 0 Å². The molecule has 1 unspecified atom stereocenters. The molecule has 0 spiro atoms. The van der Waals surface area contributed by atoms with E-state index >= 15 is 0 Å². The van der Waals surface area contributed by atoms with Crippen molar-refractivity contribution in [3.05, 3.63) is 32.2 Å². The number of aryl methyl sites for hydroxylation is 1.